The molecule has 158 valence electrons. The molecule has 0 unspecified atom stereocenters. The van der Waals surface area contributed by atoms with E-state index in [-0.39, 0.29) is 11.7 Å². The molecule has 3 rings (SSSR count). The van der Waals surface area contributed by atoms with Crippen LogP contribution in [0.15, 0.2) is 48.5 Å². The smallest absolute Gasteiger partial charge is 0.259 e. The Morgan fingerprint density at radius 1 is 1.10 bits per heavy atom. The fourth-order valence-electron chi connectivity index (χ4n) is 3.20. The molecule has 0 bridgehead atoms. The van der Waals surface area contributed by atoms with Gasteiger partial charge in [0, 0.05) is 12.2 Å². The van der Waals surface area contributed by atoms with E-state index in [0.717, 1.165) is 18.7 Å². The fourth-order valence-corrected chi connectivity index (χ4v) is 3.20. The number of carbonyl (C=O) groups is 1. The highest BCUT2D eigenvalue weighted by Gasteiger charge is 2.19. The summed E-state index contributed by atoms with van der Waals surface area (Å²) in [6.07, 6.45) is 0.947. The molecule has 0 radical (unpaired) electrons. The van der Waals surface area contributed by atoms with Crippen molar-refractivity contribution < 1.29 is 13.9 Å². The number of benzene rings is 2. The van der Waals surface area contributed by atoms with E-state index in [4.69, 9.17) is 4.74 Å². The molecule has 0 spiro atoms. The maximum atomic E-state index is 13.2. The number of ether oxygens (including phenoxy) is 1. The molecule has 6 nitrogen and oxygen atoms in total. The summed E-state index contributed by atoms with van der Waals surface area (Å²) in [5.41, 5.74) is 3.18. The monoisotopic (exact) mass is 410 g/mol. The van der Waals surface area contributed by atoms with Crippen molar-refractivity contribution >= 4 is 11.6 Å². The molecule has 0 atom stereocenters. The molecule has 1 aromatic heterocycles. The Labute approximate surface area is 176 Å². The Hall–Kier alpha value is -3.19. The predicted molar refractivity (Wildman–Crippen MR) is 116 cm³/mol. The second-order valence-corrected chi connectivity index (χ2v) is 7.42. The zero-order chi connectivity index (χ0) is 21.7. The van der Waals surface area contributed by atoms with Crippen LogP contribution >= 0.6 is 0 Å². The second-order valence-electron chi connectivity index (χ2n) is 7.42. The average Bonchev–Trinajstić information content (AvgIpc) is 3.01. The first-order valence-electron chi connectivity index (χ1n) is 9.86. The van der Waals surface area contributed by atoms with Crippen LogP contribution < -0.4 is 10.1 Å². The van der Waals surface area contributed by atoms with Crippen molar-refractivity contribution in [2.45, 2.75) is 20.3 Å². The van der Waals surface area contributed by atoms with Gasteiger partial charge < -0.3 is 15.0 Å². The normalized spacial score (nSPS) is 11.0. The summed E-state index contributed by atoms with van der Waals surface area (Å²) in [6.45, 7) is 5.22. The van der Waals surface area contributed by atoms with Crippen LogP contribution in [-0.4, -0.2) is 47.8 Å². The van der Waals surface area contributed by atoms with Gasteiger partial charge in [-0.05, 0) is 82.9 Å². The van der Waals surface area contributed by atoms with Crippen LogP contribution in [0.25, 0.3) is 5.69 Å². The van der Waals surface area contributed by atoms with Crippen molar-refractivity contribution in [3.63, 3.8) is 0 Å². The number of aryl methyl sites for hydroxylation is 1. The summed E-state index contributed by atoms with van der Waals surface area (Å²) >= 11 is 0. The van der Waals surface area contributed by atoms with Crippen LogP contribution in [0, 0.1) is 19.7 Å². The van der Waals surface area contributed by atoms with Gasteiger partial charge in [-0.25, -0.2) is 9.07 Å². The van der Waals surface area contributed by atoms with Gasteiger partial charge in [-0.2, -0.15) is 5.10 Å². The van der Waals surface area contributed by atoms with Gasteiger partial charge in [0.25, 0.3) is 5.91 Å². The number of amides is 1. The van der Waals surface area contributed by atoms with Crippen LogP contribution in [0.5, 0.6) is 5.75 Å². The molecule has 0 fully saturated rings. The number of hydrogen-bond donors (Lipinski definition) is 1. The summed E-state index contributed by atoms with van der Waals surface area (Å²) in [7, 11) is 4.06. The molecule has 0 aliphatic rings. The highest BCUT2D eigenvalue weighted by atomic mass is 19.1. The van der Waals surface area contributed by atoms with Gasteiger partial charge in [0.1, 0.15) is 11.6 Å². The summed E-state index contributed by atoms with van der Waals surface area (Å²) in [4.78, 5) is 15.0. The van der Waals surface area contributed by atoms with Gasteiger partial charge in [0.2, 0.25) is 0 Å². The highest BCUT2D eigenvalue weighted by Crippen LogP contribution is 2.21. The third-order valence-electron chi connectivity index (χ3n) is 4.72. The lowest BCUT2D eigenvalue weighted by molar-refractivity contribution is 0.102. The van der Waals surface area contributed by atoms with Crippen molar-refractivity contribution in [1.82, 2.24) is 14.7 Å². The number of rotatable bonds is 8. The molecule has 0 aliphatic heterocycles. The first-order valence-corrected chi connectivity index (χ1v) is 9.86. The van der Waals surface area contributed by atoms with Crippen LogP contribution in [0.4, 0.5) is 10.1 Å². The van der Waals surface area contributed by atoms with Gasteiger partial charge in [-0.1, -0.05) is 0 Å². The van der Waals surface area contributed by atoms with Crippen LogP contribution in [0.2, 0.25) is 0 Å². The number of nitrogens with one attached hydrogen (secondary N) is 1. The Morgan fingerprint density at radius 3 is 2.40 bits per heavy atom. The van der Waals surface area contributed by atoms with Crippen LogP contribution in [0.3, 0.4) is 0 Å². The number of nitrogens with zero attached hydrogens (tertiary/aromatic N) is 3. The average molecular weight is 410 g/mol. The SMILES string of the molecule is Cc1nn(-c2ccc(F)cc2)c(C)c1C(=O)Nc1ccc(OCCCN(C)C)cc1. The second kappa shape index (κ2) is 9.54. The lowest BCUT2D eigenvalue weighted by Gasteiger charge is -2.11. The number of hydrogen-bond acceptors (Lipinski definition) is 4. The molecule has 3 aromatic rings. The van der Waals surface area contributed by atoms with Crippen LogP contribution in [-0.2, 0) is 0 Å². The standard InChI is InChI=1S/C23H27FN4O2/c1-16-22(17(2)28(26-16)20-10-6-18(24)7-11-20)23(29)25-19-8-12-21(13-9-19)30-15-5-14-27(3)4/h6-13H,5,14-15H2,1-4H3,(H,25,29). The number of aromatic nitrogens is 2. The lowest BCUT2D eigenvalue weighted by Crippen LogP contribution is -2.15. The van der Waals surface area contributed by atoms with E-state index in [1.54, 1.807) is 23.7 Å². The van der Waals surface area contributed by atoms with Gasteiger partial charge in [0.15, 0.2) is 0 Å². The van der Waals surface area contributed by atoms with Crippen molar-refractivity contribution in [3.05, 3.63) is 71.3 Å². The molecule has 1 amide bonds. The topological polar surface area (TPSA) is 59.4 Å². The van der Waals surface area contributed by atoms with E-state index < -0.39 is 0 Å². The Morgan fingerprint density at radius 2 is 1.77 bits per heavy atom. The summed E-state index contributed by atoms with van der Waals surface area (Å²) < 4.78 is 20.6. The molecular weight excluding hydrogens is 383 g/mol. The fraction of sp³-hybridized carbons (Fsp3) is 0.304. The molecule has 2 aromatic carbocycles. The third kappa shape index (κ3) is 5.24. The Balaban J connectivity index is 1.67. The minimum Gasteiger partial charge on any atom is -0.494 e. The quantitative estimate of drug-likeness (QED) is 0.565. The predicted octanol–water partition coefficient (Wildman–Crippen LogP) is 4.21. The van der Waals surface area contributed by atoms with E-state index >= 15 is 0 Å². The third-order valence-corrected chi connectivity index (χ3v) is 4.72. The number of carbonyl (C=O) groups excluding carboxylic acids is 1. The molecule has 1 heterocycles. The molecule has 0 aliphatic carbocycles. The van der Waals surface area contributed by atoms with Crippen LogP contribution in [0.1, 0.15) is 28.2 Å². The largest absolute Gasteiger partial charge is 0.494 e. The number of halogens is 1. The maximum Gasteiger partial charge on any atom is 0.259 e. The van der Waals surface area contributed by atoms with Gasteiger partial charge in [0.05, 0.1) is 29.2 Å². The van der Waals surface area contributed by atoms with E-state index in [1.165, 1.54) is 12.1 Å². The number of anilines is 1. The van der Waals surface area contributed by atoms with E-state index in [2.05, 4.69) is 15.3 Å². The van der Waals surface area contributed by atoms with E-state index in [9.17, 15) is 9.18 Å². The molecule has 30 heavy (non-hydrogen) atoms. The van der Waals surface area contributed by atoms with E-state index in [0.29, 0.717) is 34.9 Å². The van der Waals surface area contributed by atoms with Crippen molar-refractivity contribution in [2.75, 3.05) is 32.6 Å². The molecule has 1 N–H and O–H groups in total. The minimum atomic E-state index is -0.316. The van der Waals surface area contributed by atoms with Crippen molar-refractivity contribution in [2.24, 2.45) is 0 Å². The lowest BCUT2D eigenvalue weighted by atomic mass is 10.1. The highest BCUT2D eigenvalue weighted by molar-refractivity contribution is 6.06. The summed E-state index contributed by atoms with van der Waals surface area (Å²) in [5.74, 6) is 0.213. The molecule has 7 heteroatoms. The van der Waals surface area contributed by atoms with Gasteiger partial charge in [-0.15, -0.1) is 0 Å². The zero-order valence-corrected chi connectivity index (χ0v) is 17.8. The minimum absolute atomic E-state index is 0.238. The molecular formula is C23H27FN4O2. The molecule has 0 saturated carbocycles. The Bertz CT molecular complexity index is 995. The first kappa shape index (κ1) is 21.5. The first-order chi connectivity index (χ1) is 14.3. The molecule has 0 saturated heterocycles. The summed E-state index contributed by atoms with van der Waals surface area (Å²) in [5, 5.41) is 7.36. The van der Waals surface area contributed by atoms with Gasteiger partial charge in [-0.3, -0.25) is 4.79 Å². The van der Waals surface area contributed by atoms with Crippen molar-refractivity contribution in [1.29, 1.82) is 0 Å². The van der Waals surface area contributed by atoms with E-state index in [1.807, 2.05) is 45.3 Å². The zero-order valence-electron chi connectivity index (χ0n) is 17.8. The Kier molecular flexibility index (Phi) is 6.84. The summed E-state index contributed by atoms with van der Waals surface area (Å²) in [6, 6.07) is 13.3. The van der Waals surface area contributed by atoms with Gasteiger partial charge >= 0.3 is 0 Å². The van der Waals surface area contributed by atoms with Crippen molar-refractivity contribution in [3.8, 4) is 11.4 Å². The maximum absolute atomic E-state index is 13.2.